The molecular weight excluding hydrogens is 248 g/mol. The van der Waals surface area contributed by atoms with E-state index in [0.717, 1.165) is 25.7 Å². The average Bonchev–Trinajstić information content (AvgIpc) is 2.67. The molecule has 0 aromatic rings. The summed E-state index contributed by atoms with van der Waals surface area (Å²) in [6, 6.07) is 0. The van der Waals surface area contributed by atoms with Crippen molar-refractivity contribution in [2.24, 2.45) is 0 Å². The normalized spacial score (nSPS) is 15.1. The summed E-state index contributed by atoms with van der Waals surface area (Å²) in [6.45, 7) is 0. The van der Waals surface area contributed by atoms with E-state index in [9.17, 15) is 14.4 Å². The lowest BCUT2D eigenvalue weighted by molar-refractivity contribution is -0.140. The van der Waals surface area contributed by atoms with Crippen molar-refractivity contribution in [1.82, 2.24) is 0 Å². The molecule has 0 radical (unpaired) electrons. The fourth-order valence-electron chi connectivity index (χ4n) is 2.14. The second-order valence-electron chi connectivity index (χ2n) is 4.53. The third-order valence-corrected chi connectivity index (χ3v) is 3.17. The van der Waals surface area contributed by atoms with Gasteiger partial charge in [-0.15, -0.1) is 0 Å². The van der Waals surface area contributed by atoms with Gasteiger partial charge in [0.2, 0.25) is 5.78 Å². The summed E-state index contributed by atoms with van der Waals surface area (Å²) < 4.78 is 9.53. The minimum Gasteiger partial charge on any atom is -0.493 e. The van der Waals surface area contributed by atoms with Gasteiger partial charge in [0.25, 0.3) is 0 Å². The van der Waals surface area contributed by atoms with Gasteiger partial charge in [0.05, 0.1) is 20.6 Å². The van der Waals surface area contributed by atoms with E-state index in [1.807, 2.05) is 0 Å². The molecule has 0 N–H and O–H groups in total. The number of hydrogen-bond donors (Lipinski definition) is 0. The van der Waals surface area contributed by atoms with Crippen LogP contribution in [0.2, 0.25) is 0 Å². The largest absolute Gasteiger partial charge is 0.493 e. The SMILES string of the molecule is COC(=O)CCCCCCC1=C(OC)C(=O)CC1=O. The van der Waals surface area contributed by atoms with Gasteiger partial charge in [-0.3, -0.25) is 14.4 Å². The van der Waals surface area contributed by atoms with Crippen molar-refractivity contribution >= 4 is 17.5 Å². The molecule has 0 spiro atoms. The molecule has 0 aromatic heterocycles. The standard InChI is InChI=1S/C14H20O5/c1-18-13(17)8-6-4-3-5-7-10-11(15)9-12(16)14(10)19-2/h3-9H2,1-2H3. The zero-order valence-corrected chi connectivity index (χ0v) is 11.5. The summed E-state index contributed by atoms with van der Waals surface area (Å²) in [5.74, 6) is -0.287. The number of ketones is 2. The van der Waals surface area contributed by atoms with Gasteiger partial charge in [-0.25, -0.2) is 0 Å². The van der Waals surface area contributed by atoms with Crippen molar-refractivity contribution in [3.05, 3.63) is 11.3 Å². The zero-order chi connectivity index (χ0) is 14.3. The van der Waals surface area contributed by atoms with Crippen molar-refractivity contribution in [3.63, 3.8) is 0 Å². The Morgan fingerprint density at radius 2 is 1.74 bits per heavy atom. The first-order chi connectivity index (χ1) is 9.10. The van der Waals surface area contributed by atoms with Crippen LogP contribution in [-0.4, -0.2) is 31.8 Å². The van der Waals surface area contributed by atoms with E-state index in [-0.39, 0.29) is 29.7 Å². The Morgan fingerprint density at radius 1 is 1.05 bits per heavy atom. The maximum atomic E-state index is 11.6. The average molecular weight is 268 g/mol. The number of esters is 1. The first kappa shape index (κ1) is 15.4. The van der Waals surface area contributed by atoms with Crippen LogP contribution in [0.1, 0.15) is 44.9 Å². The molecule has 0 fully saturated rings. The Labute approximate surface area is 112 Å². The number of allylic oxidation sites excluding steroid dienone is 2. The van der Waals surface area contributed by atoms with Gasteiger partial charge < -0.3 is 9.47 Å². The Bertz CT molecular complexity index is 395. The number of carbonyl (C=O) groups is 3. The molecule has 106 valence electrons. The second-order valence-corrected chi connectivity index (χ2v) is 4.53. The maximum Gasteiger partial charge on any atom is 0.305 e. The second kappa shape index (κ2) is 7.71. The summed E-state index contributed by atoms with van der Waals surface area (Å²) in [6.07, 6.45) is 4.39. The Balaban J connectivity index is 2.25. The van der Waals surface area contributed by atoms with Crippen molar-refractivity contribution in [2.75, 3.05) is 14.2 Å². The highest BCUT2D eigenvalue weighted by Gasteiger charge is 2.30. The molecule has 19 heavy (non-hydrogen) atoms. The number of ether oxygens (including phenoxy) is 2. The Kier molecular flexibility index (Phi) is 6.25. The van der Waals surface area contributed by atoms with Crippen molar-refractivity contribution in [2.45, 2.75) is 44.9 Å². The smallest absolute Gasteiger partial charge is 0.305 e. The fraction of sp³-hybridized carbons (Fsp3) is 0.643. The summed E-state index contributed by atoms with van der Waals surface area (Å²) in [4.78, 5) is 33.9. The molecule has 0 heterocycles. The van der Waals surface area contributed by atoms with Gasteiger partial charge in [-0.2, -0.15) is 0 Å². The lowest BCUT2D eigenvalue weighted by Crippen LogP contribution is -2.00. The van der Waals surface area contributed by atoms with Crippen LogP contribution in [0.15, 0.2) is 11.3 Å². The number of carbonyl (C=O) groups excluding carboxylic acids is 3. The molecule has 0 aromatic carbocycles. The van der Waals surface area contributed by atoms with Crippen molar-refractivity contribution in [1.29, 1.82) is 0 Å². The highest BCUT2D eigenvalue weighted by molar-refractivity contribution is 6.21. The van der Waals surface area contributed by atoms with Crippen LogP contribution in [0.25, 0.3) is 0 Å². The molecule has 0 bridgehead atoms. The number of methoxy groups -OCH3 is 2. The number of hydrogen-bond acceptors (Lipinski definition) is 5. The quantitative estimate of drug-likeness (QED) is 0.382. The van der Waals surface area contributed by atoms with Crippen LogP contribution >= 0.6 is 0 Å². The molecule has 0 atom stereocenters. The van der Waals surface area contributed by atoms with Gasteiger partial charge in [0.1, 0.15) is 0 Å². The highest BCUT2D eigenvalue weighted by atomic mass is 16.5. The monoisotopic (exact) mass is 268 g/mol. The first-order valence-corrected chi connectivity index (χ1v) is 6.50. The third-order valence-electron chi connectivity index (χ3n) is 3.17. The Hall–Kier alpha value is -1.65. The van der Waals surface area contributed by atoms with Crippen LogP contribution in [0.5, 0.6) is 0 Å². The molecule has 0 saturated heterocycles. The predicted octanol–water partition coefficient (Wildman–Crippen LogP) is 1.94. The molecule has 5 nitrogen and oxygen atoms in total. The molecule has 1 rings (SSSR count). The molecular formula is C14H20O5. The number of Topliss-reactive ketones (excluding diaryl/α,β-unsaturated/α-hetero) is 2. The topological polar surface area (TPSA) is 69.7 Å². The minimum atomic E-state index is -0.215. The van der Waals surface area contributed by atoms with Crippen molar-refractivity contribution in [3.8, 4) is 0 Å². The molecule has 5 heteroatoms. The zero-order valence-electron chi connectivity index (χ0n) is 11.5. The molecule has 0 saturated carbocycles. The van der Waals surface area contributed by atoms with Crippen LogP contribution in [0, 0.1) is 0 Å². The summed E-state index contributed by atoms with van der Waals surface area (Å²) in [7, 11) is 2.80. The van der Waals surface area contributed by atoms with Crippen molar-refractivity contribution < 1.29 is 23.9 Å². The maximum absolute atomic E-state index is 11.6. The molecule has 0 unspecified atom stereocenters. The summed E-state index contributed by atoms with van der Waals surface area (Å²) >= 11 is 0. The van der Waals surface area contributed by atoms with E-state index < -0.39 is 0 Å². The van der Waals surface area contributed by atoms with E-state index in [0.29, 0.717) is 18.4 Å². The number of rotatable bonds is 8. The van der Waals surface area contributed by atoms with Gasteiger partial charge in [-0.1, -0.05) is 12.8 Å². The molecule has 1 aliphatic carbocycles. The van der Waals surface area contributed by atoms with Crippen LogP contribution in [-0.2, 0) is 23.9 Å². The van der Waals surface area contributed by atoms with E-state index in [4.69, 9.17) is 4.74 Å². The van der Waals surface area contributed by atoms with Gasteiger partial charge in [0.15, 0.2) is 11.5 Å². The Morgan fingerprint density at radius 3 is 2.37 bits per heavy atom. The first-order valence-electron chi connectivity index (χ1n) is 6.50. The molecule has 0 aliphatic heterocycles. The van der Waals surface area contributed by atoms with E-state index in [1.165, 1.54) is 14.2 Å². The minimum absolute atomic E-state index is 0.0547. The predicted molar refractivity (Wildman–Crippen MR) is 68.4 cm³/mol. The highest BCUT2D eigenvalue weighted by Crippen LogP contribution is 2.25. The van der Waals surface area contributed by atoms with Crippen LogP contribution in [0.4, 0.5) is 0 Å². The van der Waals surface area contributed by atoms with Gasteiger partial charge >= 0.3 is 5.97 Å². The summed E-state index contributed by atoms with van der Waals surface area (Å²) in [5.41, 5.74) is 0.528. The van der Waals surface area contributed by atoms with E-state index >= 15 is 0 Å². The lowest BCUT2D eigenvalue weighted by Gasteiger charge is -2.04. The molecule has 1 aliphatic rings. The van der Waals surface area contributed by atoms with Gasteiger partial charge in [0, 0.05) is 12.0 Å². The fourth-order valence-corrected chi connectivity index (χ4v) is 2.14. The van der Waals surface area contributed by atoms with Gasteiger partial charge in [-0.05, 0) is 19.3 Å². The van der Waals surface area contributed by atoms with Crippen LogP contribution < -0.4 is 0 Å². The third kappa shape index (κ3) is 4.50. The van der Waals surface area contributed by atoms with E-state index in [2.05, 4.69) is 4.74 Å². The molecule has 0 amide bonds. The summed E-state index contributed by atoms with van der Waals surface area (Å²) in [5, 5.41) is 0. The lowest BCUT2D eigenvalue weighted by atomic mass is 10.0. The number of unbranched alkanes of at least 4 members (excludes halogenated alkanes) is 3. The van der Waals surface area contributed by atoms with E-state index in [1.54, 1.807) is 0 Å². The van der Waals surface area contributed by atoms with Crippen LogP contribution in [0.3, 0.4) is 0 Å².